The number of hydrogen-bond acceptors (Lipinski definition) is 5. The zero-order valence-electron chi connectivity index (χ0n) is 17.8. The maximum absolute atomic E-state index is 6.22. The van der Waals surface area contributed by atoms with Crippen LogP contribution in [0.1, 0.15) is 5.56 Å². The quantitative estimate of drug-likeness (QED) is 0.563. The Morgan fingerprint density at radius 3 is 2.00 bits per heavy atom. The summed E-state index contributed by atoms with van der Waals surface area (Å²) in [5.74, 6) is 1.66. The molecule has 2 heterocycles. The maximum atomic E-state index is 6.22. The molecular weight excluding hydrogens is 384 g/mol. The van der Waals surface area contributed by atoms with Crippen molar-refractivity contribution in [2.75, 3.05) is 37.2 Å². The molecule has 3 aromatic rings. The Kier molecular flexibility index (Phi) is 5.00. The second-order valence-electron chi connectivity index (χ2n) is 7.95. The summed E-state index contributed by atoms with van der Waals surface area (Å²) in [7, 11) is 4.19. The van der Waals surface area contributed by atoms with Gasteiger partial charge >= 0.3 is 0 Å². The van der Waals surface area contributed by atoms with Crippen molar-refractivity contribution >= 4 is 17.1 Å². The van der Waals surface area contributed by atoms with Crippen LogP contribution in [-0.2, 0) is 0 Å². The Labute approximate surface area is 183 Å². The van der Waals surface area contributed by atoms with Gasteiger partial charge in [-0.25, -0.2) is 0 Å². The molecule has 0 amide bonds. The number of benzene rings is 3. The average molecular weight is 411 g/mol. The van der Waals surface area contributed by atoms with Gasteiger partial charge in [-0.3, -0.25) is 0 Å². The Hall–Kier alpha value is -3.86. The lowest BCUT2D eigenvalue weighted by Gasteiger charge is -2.20. The first-order valence-corrected chi connectivity index (χ1v) is 10.4. The number of hydrogen-bond donors (Lipinski definition) is 0. The van der Waals surface area contributed by atoms with Crippen LogP contribution in [0.5, 0.6) is 11.5 Å². The van der Waals surface area contributed by atoms with Crippen LogP contribution in [0.4, 0.5) is 11.4 Å². The summed E-state index contributed by atoms with van der Waals surface area (Å²) in [4.78, 5) is 8.84. The van der Waals surface area contributed by atoms with Gasteiger partial charge in [0.15, 0.2) is 0 Å². The minimum absolute atomic E-state index is 0.804. The molecule has 0 unspecified atom stereocenters. The Morgan fingerprint density at radius 1 is 0.677 bits per heavy atom. The van der Waals surface area contributed by atoms with Crippen LogP contribution >= 0.6 is 0 Å². The van der Waals surface area contributed by atoms with Crippen molar-refractivity contribution in [3.05, 3.63) is 103 Å². The molecule has 3 aromatic carbocycles. The van der Waals surface area contributed by atoms with Crippen molar-refractivity contribution in [2.45, 2.75) is 0 Å². The lowest BCUT2D eigenvalue weighted by atomic mass is 10.1. The first-order valence-electron chi connectivity index (χ1n) is 10.4. The molecule has 5 heteroatoms. The summed E-state index contributed by atoms with van der Waals surface area (Å²) >= 11 is 0. The number of nitrogens with zero attached hydrogens (tertiary/aromatic N) is 4. The largest absolute Gasteiger partial charge is 0.457 e. The molecule has 0 spiro atoms. The Balaban J connectivity index is 1.35. The molecule has 0 atom stereocenters. The fraction of sp³-hybridized carbons (Fsp3) is 0.154. The van der Waals surface area contributed by atoms with Crippen LogP contribution in [0.3, 0.4) is 0 Å². The van der Waals surface area contributed by atoms with Gasteiger partial charge in [0, 0.05) is 56.2 Å². The minimum atomic E-state index is 0.804. The number of rotatable bonds is 5. The molecule has 0 N–H and O–H groups in total. The molecule has 2 aliphatic heterocycles. The van der Waals surface area contributed by atoms with Crippen molar-refractivity contribution in [2.24, 2.45) is 0 Å². The summed E-state index contributed by atoms with van der Waals surface area (Å²) in [6.45, 7) is 1.65. The molecule has 0 radical (unpaired) electrons. The summed E-state index contributed by atoms with van der Waals surface area (Å²) in [5.41, 5.74) is 4.66. The molecule has 5 rings (SSSR count). The van der Waals surface area contributed by atoms with Crippen molar-refractivity contribution in [3.8, 4) is 11.5 Å². The third kappa shape index (κ3) is 4.08. The second-order valence-corrected chi connectivity index (χ2v) is 7.95. The molecular formula is C26H26N4O. The zero-order chi connectivity index (χ0) is 21.2. The van der Waals surface area contributed by atoms with E-state index in [0.29, 0.717) is 0 Å². The van der Waals surface area contributed by atoms with Crippen molar-refractivity contribution < 1.29 is 4.74 Å². The van der Waals surface area contributed by atoms with Crippen LogP contribution in [0, 0.1) is 0 Å². The number of ether oxygens (including phenoxy) is 1. The first kappa shape index (κ1) is 19.1. The summed E-state index contributed by atoms with van der Waals surface area (Å²) < 4.78 is 6.22. The topological polar surface area (TPSA) is 22.2 Å². The predicted molar refractivity (Wildman–Crippen MR) is 127 cm³/mol. The van der Waals surface area contributed by atoms with E-state index in [9.17, 15) is 0 Å². The molecule has 0 bridgehead atoms. The maximum Gasteiger partial charge on any atom is 0.129 e. The Bertz CT molecular complexity index is 1130. The zero-order valence-corrected chi connectivity index (χ0v) is 17.8. The molecule has 0 saturated carbocycles. The third-order valence-corrected chi connectivity index (χ3v) is 5.53. The van der Waals surface area contributed by atoms with Gasteiger partial charge in [0.05, 0.1) is 19.0 Å². The van der Waals surface area contributed by atoms with E-state index in [4.69, 9.17) is 4.74 Å². The fourth-order valence-electron chi connectivity index (χ4n) is 3.94. The van der Waals surface area contributed by atoms with Crippen LogP contribution in [0.25, 0.3) is 5.70 Å². The lowest BCUT2D eigenvalue weighted by molar-refractivity contribution is 0.480. The molecule has 5 nitrogen and oxygen atoms in total. The van der Waals surface area contributed by atoms with Crippen molar-refractivity contribution in [1.29, 1.82) is 0 Å². The molecule has 156 valence electrons. The highest BCUT2D eigenvalue weighted by molar-refractivity contribution is 5.71. The van der Waals surface area contributed by atoms with Gasteiger partial charge in [0.2, 0.25) is 0 Å². The average Bonchev–Trinajstić information content (AvgIpc) is 3.40. The van der Waals surface area contributed by atoms with Crippen molar-refractivity contribution in [1.82, 2.24) is 9.80 Å². The molecule has 0 fully saturated rings. The van der Waals surface area contributed by atoms with E-state index < -0.39 is 0 Å². The predicted octanol–water partition coefficient (Wildman–Crippen LogP) is 5.37. The van der Waals surface area contributed by atoms with E-state index in [-0.39, 0.29) is 0 Å². The van der Waals surface area contributed by atoms with Crippen LogP contribution in [0.15, 0.2) is 97.5 Å². The van der Waals surface area contributed by atoms with E-state index in [0.717, 1.165) is 36.2 Å². The van der Waals surface area contributed by atoms with Crippen LogP contribution in [0.2, 0.25) is 0 Å². The van der Waals surface area contributed by atoms with Gasteiger partial charge in [-0.1, -0.05) is 42.5 Å². The standard InChI is InChI=1S/C26H26N4O/c1-27-14-15-29(19-27)22-10-6-12-24(16-22)31-25-13-7-11-23(17-25)30-18-26(28(2)20-30)21-8-4-3-5-9-21/h3-18H,19-20H2,1-2H3. The second kappa shape index (κ2) is 8.11. The van der Waals surface area contributed by atoms with E-state index in [1.807, 2.05) is 30.3 Å². The van der Waals surface area contributed by atoms with Crippen molar-refractivity contribution in [3.63, 3.8) is 0 Å². The van der Waals surface area contributed by atoms with Gasteiger partial charge in [-0.2, -0.15) is 0 Å². The SMILES string of the molecule is CN1C=CN(c2cccc(Oc3cccc(N4C=C(c5ccccc5)N(C)C4)c3)c2)C1. The first-order chi connectivity index (χ1) is 15.2. The third-order valence-electron chi connectivity index (χ3n) is 5.53. The van der Waals surface area contributed by atoms with E-state index in [1.54, 1.807) is 0 Å². The molecule has 31 heavy (non-hydrogen) atoms. The highest BCUT2D eigenvalue weighted by atomic mass is 16.5. The van der Waals surface area contributed by atoms with Gasteiger partial charge in [-0.05, 0) is 29.8 Å². The Morgan fingerprint density at radius 2 is 1.35 bits per heavy atom. The van der Waals surface area contributed by atoms with E-state index in [2.05, 4.69) is 101 Å². The minimum Gasteiger partial charge on any atom is -0.457 e. The summed E-state index contributed by atoms with van der Waals surface area (Å²) in [6.07, 6.45) is 6.35. The lowest BCUT2D eigenvalue weighted by Crippen LogP contribution is -2.22. The summed E-state index contributed by atoms with van der Waals surface area (Å²) in [6, 6.07) is 26.9. The summed E-state index contributed by atoms with van der Waals surface area (Å²) in [5, 5.41) is 0. The molecule has 0 aliphatic carbocycles. The smallest absolute Gasteiger partial charge is 0.129 e. The number of anilines is 2. The highest BCUT2D eigenvalue weighted by Gasteiger charge is 2.20. The highest BCUT2D eigenvalue weighted by Crippen LogP contribution is 2.32. The molecule has 2 aliphatic rings. The monoisotopic (exact) mass is 410 g/mol. The van der Waals surface area contributed by atoms with Gasteiger partial charge in [-0.15, -0.1) is 0 Å². The fourth-order valence-corrected chi connectivity index (χ4v) is 3.94. The van der Waals surface area contributed by atoms with Gasteiger partial charge < -0.3 is 24.3 Å². The van der Waals surface area contributed by atoms with Gasteiger partial charge in [0.25, 0.3) is 0 Å². The molecule has 0 saturated heterocycles. The van der Waals surface area contributed by atoms with E-state index in [1.165, 1.54) is 11.3 Å². The normalized spacial score (nSPS) is 15.6. The van der Waals surface area contributed by atoms with Crippen LogP contribution in [-0.4, -0.2) is 37.2 Å². The van der Waals surface area contributed by atoms with Gasteiger partial charge in [0.1, 0.15) is 11.5 Å². The van der Waals surface area contributed by atoms with E-state index >= 15 is 0 Å². The van der Waals surface area contributed by atoms with Crippen LogP contribution < -0.4 is 14.5 Å². The molecule has 0 aromatic heterocycles.